The molecule has 5 heteroatoms. The van der Waals surface area contributed by atoms with Crippen LogP contribution in [0.15, 0.2) is 16.9 Å². The van der Waals surface area contributed by atoms with Gasteiger partial charge in [0, 0.05) is 30.9 Å². The van der Waals surface area contributed by atoms with Crippen LogP contribution in [0, 0.1) is 5.41 Å². The summed E-state index contributed by atoms with van der Waals surface area (Å²) in [5, 5.41) is 9.26. The summed E-state index contributed by atoms with van der Waals surface area (Å²) in [4.78, 5) is 10.6. The number of anilines is 1. The van der Waals surface area contributed by atoms with Crippen LogP contribution in [0.3, 0.4) is 0 Å². The maximum atomic E-state index is 9.26. The highest BCUT2D eigenvalue weighted by Gasteiger charge is 2.34. The highest BCUT2D eigenvalue weighted by atomic mass is 79.9. The molecule has 1 atom stereocenters. The number of rotatable bonds is 2. The molecule has 1 aromatic rings. The summed E-state index contributed by atoms with van der Waals surface area (Å²) in [5.41, 5.74) is -0.00354. The van der Waals surface area contributed by atoms with Crippen LogP contribution in [0.25, 0.3) is 0 Å². The largest absolute Gasteiger partial charge is 0.396 e. The molecule has 0 aliphatic carbocycles. The van der Waals surface area contributed by atoms with Crippen LogP contribution >= 0.6 is 15.9 Å². The van der Waals surface area contributed by atoms with Gasteiger partial charge in [0.05, 0.1) is 11.1 Å². The fourth-order valence-corrected chi connectivity index (χ4v) is 2.00. The van der Waals surface area contributed by atoms with Crippen LogP contribution in [0.1, 0.15) is 13.3 Å². The van der Waals surface area contributed by atoms with Crippen molar-refractivity contribution < 1.29 is 5.11 Å². The second-order valence-corrected chi connectivity index (χ2v) is 5.26. The van der Waals surface area contributed by atoms with Crippen molar-refractivity contribution in [3.63, 3.8) is 0 Å². The Balaban J connectivity index is 2.11. The standard InChI is InChI=1S/C10H14BrN3O/c1-10(7-15)2-3-14(6-10)9-12-4-8(11)5-13-9/h4-5,15H,2-3,6-7H2,1H3. The van der Waals surface area contributed by atoms with Crippen molar-refractivity contribution in [2.24, 2.45) is 5.41 Å². The monoisotopic (exact) mass is 271 g/mol. The normalized spacial score (nSPS) is 25.9. The van der Waals surface area contributed by atoms with E-state index in [0.717, 1.165) is 29.9 Å². The molecule has 0 aromatic carbocycles. The highest BCUT2D eigenvalue weighted by molar-refractivity contribution is 9.10. The molecular weight excluding hydrogens is 258 g/mol. The molecule has 1 aromatic heterocycles. The summed E-state index contributed by atoms with van der Waals surface area (Å²) in [7, 11) is 0. The molecule has 0 bridgehead atoms. The minimum atomic E-state index is -0.00354. The minimum absolute atomic E-state index is 0.00354. The first-order chi connectivity index (χ1) is 7.13. The Morgan fingerprint density at radius 1 is 1.53 bits per heavy atom. The van der Waals surface area contributed by atoms with Gasteiger partial charge in [-0.3, -0.25) is 0 Å². The number of aliphatic hydroxyl groups excluding tert-OH is 1. The van der Waals surface area contributed by atoms with E-state index in [0.29, 0.717) is 0 Å². The Morgan fingerprint density at radius 2 is 2.20 bits per heavy atom. The van der Waals surface area contributed by atoms with Crippen LogP contribution in [0.2, 0.25) is 0 Å². The molecule has 1 aliphatic rings. The summed E-state index contributed by atoms with van der Waals surface area (Å²) in [6.45, 7) is 4.05. The molecule has 1 saturated heterocycles. The van der Waals surface area contributed by atoms with E-state index in [1.54, 1.807) is 12.4 Å². The third-order valence-corrected chi connectivity index (χ3v) is 3.24. The smallest absolute Gasteiger partial charge is 0.225 e. The van der Waals surface area contributed by atoms with Crippen LogP contribution in [-0.4, -0.2) is 34.8 Å². The van der Waals surface area contributed by atoms with Gasteiger partial charge in [0.1, 0.15) is 0 Å². The molecule has 1 unspecified atom stereocenters. The lowest BCUT2D eigenvalue weighted by molar-refractivity contribution is 0.162. The number of aliphatic hydroxyl groups is 1. The Morgan fingerprint density at radius 3 is 2.73 bits per heavy atom. The lowest BCUT2D eigenvalue weighted by Crippen LogP contribution is -2.28. The molecule has 2 heterocycles. The van der Waals surface area contributed by atoms with E-state index in [2.05, 4.69) is 37.7 Å². The van der Waals surface area contributed by atoms with Gasteiger partial charge >= 0.3 is 0 Å². The molecule has 0 saturated carbocycles. The maximum absolute atomic E-state index is 9.26. The van der Waals surface area contributed by atoms with Crippen molar-refractivity contribution >= 4 is 21.9 Å². The third-order valence-electron chi connectivity index (χ3n) is 2.83. The number of hydrogen-bond acceptors (Lipinski definition) is 4. The molecule has 82 valence electrons. The van der Waals surface area contributed by atoms with Crippen LogP contribution < -0.4 is 4.90 Å². The SMILES string of the molecule is CC1(CO)CCN(c2ncc(Br)cn2)C1. The fraction of sp³-hybridized carbons (Fsp3) is 0.600. The predicted molar refractivity (Wildman–Crippen MR) is 61.8 cm³/mol. The van der Waals surface area contributed by atoms with E-state index in [1.807, 2.05) is 0 Å². The topological polar surface area (TPSA) is 49.2 Å². The molecule has 1 fully saturated rings. The molecule has 1 N–H and O–H groups in total. The predicted octanol–water partition coefficient (Wildman–Crippen LogP) is 1.45. The van der Waals surface area contributed by atoms with E-state index in [4.69, 9.17) is 0 Å². The lowest BCUT2D eigenvalue weighted by atomic mass is 9.91. The van der Waals surface area contributed by atoms with Gasteiger partial charge in [0.2, 0.25) is 5.95 Å². The van der Waals surface area contributed by atoms with Gasteiger partial charge in [-0.2, -0.15) is 0 Å². The van der Waals surface area contributed by atoms with Crippen molar-refractivity contribution in [2.45, 2.75) is 13.3 Å². The van der Waals surface area contributed by atoms with E-state index < -0.39 is 0 Å². The zero-order valence-electron chi connectivity index (χ0n) is 8.65. The second-order valence-electron chi connectivity index (χ2n) is 4.34. The van der Waals surface area contributed by atoms with Gasteiger partial charge in [0.25, 0.3) is 0 Å². The quantitative estimate of drug-likeness (QED) is 0.885. The van der Waals surface area contributed by atoms with Crippen molar-refractivity contribution in [3.05, 3.63) is 16.9 Å². The second kappa shape index (κ2) is 4.06. The number of halogens is 1. The maximum Gasteiger partial charge on any atom is 0.225 e. The number of aromatic nitrogens is 2. The Hall–Kier alpha value is -0.680. The molecule has 15 heavy (non-hydrogen) atoms. The zero-order chi connectivity index (χ0) is 10.9. The summed E-state index contributed by atoms with van der Waals surface area (Å²) in [6, 6.07) is 0. The van der Waals surface area contributed by atoms with Crippen molar-refractivity contribution in [2.75, 3.05) is 24.6 Å². The molecular formula is C10H14BrN3O. The van der Waals surface area contributed by atoms with E-state index >= 15 is 0 Å². The van der Waals surface area contributed by atoms with Gasteiger partial charge in [-0.1, -0.05) is 6.92 Å². The molecule has 0 amide bonds. The molecule has 1 aliphatic heterocycles. The van der Waals surface area contributed by atoms with Crippen molar-refractivity contribution in [3.8, 4) is 0 Å². The van der Waals surface area contributed by atoms with E-state index in [-0.39, 0.29) is 12.0 Å². The van der Waals surface area contributed by atoms with Gasteiger partial charge in [-0.25, -0.2) is 9.97 Å². The first-order valence-electron chi connectivity index (χ1n) is 4.96. The van der Waals surface area contributed by atoms with Gasteiger partial charge in [-0.05, 0) is 22.4 Å². The number of nitrogens with zero attached hydrogens (tertiary/aromatic N) is 3. The minimum Gasteiger partial charge on any atom is -0.396 e. The number of hydrogen-bond donors (Lipinski definition) is 1. The summed E-state index contributed by atoms with van der Waals surface area (Å²) < 4.78 is 0.885. The average molecular weight is 272 g/mol. The lowest BCUT2D eigenvalue weighted by Gasteiger charge is -2.21. The Labute approximate surface area is 97.5 Å². The van der Waals surface area contributed by atoms with Crippen LogP contribution in [-0.2, 0) is 0 Å². The van der Waals surface area contributed by atoms with Gasteiger partial charge in [0.15, 0.2) is 0 Å². The molecule has 0 spiro atoms. The van der Waals surface area contributed by atoms with Crippen LogP contribution in [0.5, 0.6) is 0 Å². The first-order valence-corrected chi connectivity index (χ1v) is 5.76. The Kier molecular flexibility index (Phi) is 2.93. The van der Waals surface area contributed by atoms with E-state index in [9.17, 15) is 5.11 Å². The summed E-state index contributed by atoms with van der Waals surface area (Å²) >= 11 is 3.31. The zero-order valence-corrected chi connectivity index (χ0v) is 10.2. The average Bonchev–Trinajstić information content (AvgIpc) is 2.63. The van der Waals surface area contributed by atoms with Crippen molar-refractivity contribution in [1.82, 2.24) is 9.97 Å². The van der Waals surface area contributed by atoms with Crippen molar-refractivity contribution in [1.29, 1.82) is 0 Å². The van der Waals surface area contributed by atoms with Crippen LogP contribution in [0.4, 0.5) is 5.95 Å². The molecule has 2 rings (SSSR count). The van der Waals surface area contributed by atoms with E-state index in [1.165, 1.54) is 0 Å². The Bertz CT molecular complexity index is 343. The molecule has 4 nitrogen and oxygen atoms in total. The highest BCUT2D eigenvalue weighted by Crippen LogP contribution is 2.30. The fourth-order valence-electron chi connectivity index (χ4n) is 1.79. The third kappa shape index (κ3) is 2.29. The van der Waals surface area contributed by atoms with Gasteiger partial charge in [-0.15, -0.1) is 0 Å². The molecule has 0 radical (unpaired) electrons. The van der Waals surface area contributed by atoms with Gasteiger partial charge < -0.3 is 10.0 Å². The summed E-state index contributed by atoms with van der Waals surface area (Å²) in [6.07, 6.45) is 4.48. The summed E-state index contributed by atoms with van der Waals surface area (Å²) in [5.74, 6) is 0.746. The first kappa shape index (κ1) is 10.8.